The third kappa shape index (κ3) is 2.32. The molecule has 50 valence electrons. The maximum atomic E-state index is 5.65. The zero-order valence-electron chi connectivity index (χ0n) is 4.44. The topological polar surface area (TPSA) is 0 Å². The molecule has 1 rings (SSSR count). The molecule has 0 fully saturated rings. The van der Waals surface area contributed by atoms with Crippen molar-refractivity contribution in [2.24, 2.45) is 0 Å². The van der Waals surface area contributed by atoms with E-state index in [1.807, 2.05) is 24.3 Å². The van der Waals surface area contributed by atoms with E-state index in [4.69, 9.17) is 20.5 Å². The molecule has 0 radical (unpaired) electrons. The molecule has 0 saturated carbocycles. The predicted molar refractivity (Wildman–Crippen MR) is 36.0 cm³/mol. The second-order valence-electron chi connectivity index (χ2n) is 1.51. The van der Waals surface area contributed by atoms with Crippen LogP contribution in [0.5, 0.6) is 0 Å². The molecule has 1 aromatic rings. The summed E-state index contributed by atoms with van der Waals surface area (Å²) in [4.78, 5) is 0. The number of benzene rings is 1. The van der Waals surface area contributed by atoms with E-state index in [-0.39, 0.29) is 20.1 Å². The predicted octanol–water partition coefficient (Wildman–Crippen LogP) is -0.248. The first-order chi connectivity index (χ1) is 4.33. The van der Waals surface area contributed by atoms with Crippen molar-refractivity contribution in [1.82, 2.24) is 0 Å². The molecule has 0 aromatic heterocycles. The molecule has 0 N–H and O–H groups in total. The molecule has 1 aromatic carbocycles. The number of halogens is 3. The standard InChI is InChI=1S/C6H4Cl2I/c7-5-1-3-6(9-8)4-2-5/h1-4H/q-1. The van der Waals surface area contributed by atoms with Crippen LogP contribution in [-0.2, 0) is 0 Å². The Morgan fingerprint density at radius 1 is 1.11 bits per heavy atom. The van der Waals surface area contributed by atoms with Gasteiger partial charge in [-0.15, -0.1) is 0 Å². The van der Waals surface area contributed by atoms with Crippen molar-refractivity contribution in [2.45, 2.75) is 0 Å². The van der Waals surface area contributed by atoms with Gasteiger partial charge in [-0.25, -0.2) is 0 Å². The summed E-state index contributed by atoms with van der Waals surface area (Å²) < 4.78 is 1.21. The minimum atomic E-state index is -0.290. The summed E-state index contributed by atoms with van der Waals surface area (Å²) in [6.07, 6.45) is 0. The Hall–Kier alpha value is 0.530. The van der Waals surface area contributed by atoms with Gasteiger partial charge in [0.1, 0.15) is 0 Å². The number of hydrogen-bond acceptors (Lipinski definition) is 0. The van der Waals surface area contributed by atoms with Crippen LogP contribution in [-0.4, -0.2) is 0 Å². The summed E-state index contributed by atoms with van der Waals surface area (Å²) in [5.41, 5.74) is 0. The van der Waals surface area contributed by atoms with E-state index in [1.165, 1.54) is 3.57 Å². The second-order valence-corrected chi connectivity index (χ2v) is 4.56. The van der Waals surface area contributed by atoms with E-state index >= 15 is 0 Å². The van der Waals surface area contributed by atoms with Gasteiger partial charge in [-0.1, -0.05) is 0 Å². The van der Waals surface area contributed by atoms with Gasteiger partial charge in [0, 0.05) is 0 Å². The first kappa shape index (κ1) is 7.63. The van der Waals surface area contributed by atoms with E-state index < -0.39 is 0 Å². The van der Waals surface area contributed by atoms with Crippen LogP contribution in [0.15, 0.2) is 24.3 Å². The van der Waals surface area contributed by atoms with Crippen LogP contribution in [0.3, 0.4) is 0 Å². The normalized spacial score (nSPS) is 10.0. The van der Waals surface area contributed by atoms with Crippen molar-refractivity contribution < 1.29 is 20.1 Å². The quantitative estimate of drug-likeness (QED) is 0.620. The summed E-state index contributed by atoms with van der Waals surface area (Å²) >= 11 is 5.35. The molecule has 0 amide bonds. The molecule has 0 nitrogen and oxygen atoms in total. The molecular formula is C6H4Cl2I-. The van der Waals surface area contributed by atoms with Crippen LogP contribution < -0.4 is 20.1 Å². The van der Waals surface area contributed by atoms with Crippen molar-refractivity contribution in [3.63, 3.8) is 0 Å². The van der Waals surface area contributed by atoms with Crippen LogP contribution >= 0.6 is 20.5 Å². The van der Waals surface area contributed by atoms with Gasteiger partial charge in [0.15, 0.2) is 0 Å². The molecule has 0 spiro atoms. The molecule has 0 aliphatic heterocycles. The molecule has 0 aliphatic rings. The number of hydrogen-bond donors (Lipinski definition) is 0. The average Bonchev–Trinajstić information content (AvgIpc) is 1.90. The van der Waals surface area contributed by atoms with Gasteiger partial charge in [0.2, 0.25) is 0 Å². The van der Waals surface area contributed by atoms with E-state index in [0.717, 1.165) is 5.02 Å². The van der Waals surface area contributed by atoms with Gasteiger partial charge < -0.3 is 0 Å². The average molecular weight is 274 g/mol. The van der Waals surface area contributed by atoms with E-state index in [0.29, 0.717) is 0 Å². The third-order valence-electron chi connectivity index (χ3n) is 0.886. The Kier molecular flexibility index (Phi) is 3.09. The maximum absolute atomic E-state index is 5.65. The van der Waals surface area contributed by atoms with Gasteiger partial charge in [-0.2, -0.15) is 0 Å². The van der Waals surface area contributed by atoms with Crippen molar-refractivity contribution in [1.29, 1.82) is 0 Å². The van der Waals surface area contributed by atoms with E-state index in [1.54, 1.807) is 0 Å². The van der Waals surface area contributed by atoms with Crippen LogP contribution in [0.1, 0.15) is 0 Å². The Labute approximate surface area is 73.1 Å². The molecule has 0 atom stereocenters. The zero-order valence-corrected chi connectivity index (χ0v) is 8.11. The molecule has 0 saturated heterocycles. The van der Waals surface area contributed by atoms with Crippen LogP contribution in [0.25, 0.3) is 0 Å². The molecule has 0 aliphatic carbocycles. The Bertz CT molecular complexity index is 183. The molecule has 3 heteroatoms. The monoisotopic (exact) mass is 273 g/mol. The van der Waals surface area contributed by atoms with Gasteiger partial charge in [0.25, 0.3) is 0 Å². The second kappa shape index (κ2) is 3.64. The van der Waals surface area contributed by atoms with Crippen LogP contribution in [0.4, 0.5) is 0 Å². The summed E-state index contributed by atoms with van der Waals surface area (Å²) in [5.74, 6) is 0. The van der Waals surface area contributed by atoms with Crippen molar-refractivity contribution in [2.75, 3.05) is 0 Å². The zero-order chi connectivity index (χ0) is 6.69. The van der Waals surface area contributed by atoms with Gasteiger partial charge >= 0.3 is 73.4 Å². The minimum absolute atomic E-state index is 0.290. The van der Waals surface area contributed by atoms with Crippen LogP contribution in [0, 0.1) is 3.57 Å². The third-order valence-corrected chi connectivity index (χ3v) is 3.43. The molecule has 0 bridgehead atoms. The number of rotatable bonds is 1. The SMILES string of the molecule is Cl[I-]c1ccc(Cl)cc1. The fraction of sp³-hybridized carbons (Fsp3) is 0. The summed E-state index contributed by atoms with van der Waals surface area (Å²) in [6, 6.07) is 7.64. The van der Waals surface area contributed by atoms with Crippen molar-refractivity contribution in [3.05, 3.63) is 32.9 Å². The fourth-order valence-corrected chi connectivity index (χ4v) is 1.87. The van der Waals surface area contributed by atoms with Gasteiger partial charge in [-0.3, -0.25) is 0 Å². The van der Waals surface area contributed by atoms with Crippen LogP contribution in [0.2, 0.25) is 5.02 Å². The van der Waals surface area contributed by atoms with E-state index in [2.05, 4.69) is 0 Å². The first-order valence-corrected chi connectivity index (χ1v) is 6.53. The summed E-state index contributed by atoms with van der Waals surface area (Å²) in [7, 11) is 5.65. The molecular weight excluding hydrogens is 270 g/mol. The fourth-order valence-electron chi connectivity index (χ4n) is 0.477. The van der Waals surface area contributed by atoms with Crippen molar-refractivity contribution in [3.8, 4) is 0 Å². The van der Waals surface area contributed by atoms with Gasteiger partial charge in [0.05, 0.1) is 0 Å². The molecule has 9 heavy (non-hydrogen) atoms. The summed E-state index contributed by atoms with van der Waals surface area (Å²) in [5, 5.41) is 0.771. The Morgan fingerprint density at radius 2 is 1.67 bits per heavy atom. The Balaban J connectivity index is 2.88. The first-order valence-electron chi connectivity index (χ1n) is 2.34. The Morgan fingerprint density at radius 3 is 2.11 bits per heavy atom. The van der Waals surface area contributed by atoms with Gasteiger partial charge in [-0.05, 0) is 0 Å². The van der Waals surface area contributed by atoms with E-state index in [9.17, 15) is 0 Å². The van der Waals surface area contributed by atoms with Crippen molar-refractivity contribution >= 4 is 20.5 Å². The molecule has 0 unspecified atom stereocenters. The summed E-state index contributed by atoms with van der Waals surface area (Å²) in [6.45, 7) is 0. The molecule has 0 heterocycles.